The van der Waals surface area contributed by atoms with E-state index < -0.39 is 29.5 Å². The zero-order valence-corrected chi connectivity index (χ0v) is 17.7. The van der Waals surface area contributed by atoms with E-state index in [-0.39, 0.29) is 23.0 Å². The van der Waals surface area contributed by atoms with Crippen molar-refractivity contribution < 1.29 is 23.2 Å². The summed E-state index contributed by atoms with van der Waals surface area (Å²) >= 11 is 4.36. The van der Waals surface area contributed by atoms with E-state index in [1.807, 2.05) is 6.07 Å². The summed E-state index contributed by atoms with van der Waals surface area (Å²) in [6.07, 6.45) is 0. The minimum absolute atomic E-state index is 0.0236. The van der Waals surface area contributed by atoms with Gasteiger partial charge in [-0.3, -0.25) is 14.4 Å². The van der Waals surface area contributed by atoms with Gasteiger partial charge in [-0.05, 0) is 35.9 Å². The third-order valence-electron chi connectivity index (χ3n) is 3.67. The van der Waals surface area contributed by atoms with Crippen molar-refractivity contribution in [3.05, 3.63) is 64.1 Å². The number of hydrogen-bond donors (Lipinski definition) is 3. The smallest absolute Gasteiger partial charge is 0.246 e. The molecule has 0 aliphatic rings. The zero-order chi connectivity index (χ0) is 21.4. The van der Waals surface area contributed by atoms with Crippen molar-refractivity contribution in [3.63, 3.8) is 0 Å². The minimum Gasteiger partial charge on any atom is -0.357 e. The Morgan fingerprint density at radius 1 is 1.03 bits per heavy atom. The number of likely N-dealkylation sites (N-methyl/N-ethyl adjacent to an activating group) is 1. The van der Waals surface area contributed by atoms with Crippen LogP contribution in [0.2, 0.25) is 0 Å². The van der Waals surface area contributed by atoms with Gasteiger partial charge >= 0.3 is 0 Å². The van der Waals surface area contributed by atoms with Crippen LogP contribution in [-0.2, 0) is 14.4 Å². The molecule has 154 valence electrons. The second-order valence-electron chi connectivity index (χ2n) is 5.84. The molecule has 2 rings (SSSR count). The van der Waals surface area contributed by atoms with Crippen LogP contribution in [0.3, 0.4) is 0 Å². The molecule has 2 aromatic carbocycles. The highest BCUT2D eigenvalue weighted by atomic mass is 79.9. The van der Waals surface area contributed by atoms with Crippen LogP contribution in [0, 0.1) is 11.6 Å². The van der Waals surface area contributed by atoms with Gasteiger partial charge in [-0.2, -0.15) is 0 Å². The average molecular weight is 486 g/mol. The van der Waals surface area contributed by atoms with Gasteiger partial charge in [0.1, 0.15) is 6.04 Å². The Morgan fingerprint density at radius 2 is 1.76 bits per heavy atom. The monoisotopic (exact) mass is 485 g/mol. The largest absolute Gasteiger partial charge is 0.357 e. The standard InChI is InChI=1S/C19H18BrF2N3O3S/c1-23-19(28)18(11-5-6-14(21)15(22)7-11)25-17(27)10-29-9-16(26)24-13-4-2-3-12(20)8-13/h2-8,18H,9-10H2,1H3,(H,23,28)(H,24,26)(H,25,27). The van der Waals surface area contributed by atoms with Crippen molar-refractivity contribution in [2.75, 3.05) is 23.9 Å². The molecule has 0 saturated carbocycles. The summed E-state index contributed by atoms with van der Waals surface area (Å²) in [5.41, 5.74) is 0.724. The molecule has 29 heavy (non-hydrogen) atoms. The number of carbonyl (C=O) groups is 3. The zero-order valence-electron chi connectivity index (χ0n) is 15.3. The van der Waals surface area contributed by atoms with Crippen LogP contribution in [-0.4, -0.2) is 36.3 Å². The third-order valence-corrected chi connectivity index (χ3v) is 5.09. The molecule has 0 heterocycles. The molecular weight excluding hydrogens is 468 g/mol. The van der Waals surface area contributed by atoms with E-state index in [0.29, 0.717) is 5.69 Å². The molecule has 6 nitrogen and oxygen atoms in total. The van der Waals surface area contributed by atoms with E-state index in [1.54, 1.807) is 18.2 Å². The molecule has 1 atom stereocenters. The fourth-order valence-corrected chi connectivity index (χ4v) is 3.37. The Balaban J connectivity index is 1.88. The van der Waals surface area contributed by atoms with Crippen molar-refractivity contribution in [1.82, 2.24) is 10.6 Å². The summed E-state index contributed by atoms with van der Waals surface area (Å²) in [5.74, 6) is -3.64. The van der Waals surface area contributed by atoms with E-state index in [4.69, 9.17) is 0 Å². The van der Waals surface area contributed by atoms with E-state index in [0.717, 1.165) is 28.4 Å². The first-order valence-corrected chi connectivity index (χ1v) is 10.3. The van der Waals surface area contributed by atoms with Crippen molar-refractivity contribution >= 4 is 51.1 Å². The highest BCUT2D eigenvalue weighted by Crippen LogP contribution is 2.18. The van der Waals surface area contributed by atoms with Gasteiger partial charge in [-0.15, -0.1) is 11.8 Å². The first-order chi connectivity index (χ1) is 13.8. The SMILES string of the molecule is CNC(=O)C(NC(=O)CSCC(=O)Nc1cccc(Br)c1)c1ccc(F)c(F)c1. The third kappa shape index (κ3) is 7.13. The maximum atomic E-state index is 13.5. The van der Waals surface area contributed by atoms with Gasteiger partial charge in [0.25, 0.3) is 0 Å². The lowest BCUT2D eigenvalue weighted by molar-refractivity contribution is -0.127. The number of benzene rings is 2. The molecule has 10 heteroatoms. The summed E-state index contributed by atoms with van der Waals surface area (Å²) in [5, 5.41) is 7.53. The van der Waals surface area contributed by atoms with Crippen LogP contribution < -0.4 is 16.0 Å². The van der Waals surface area contributed by atoms with E-state index in [2.05, 4.69) is 31.9 Å². The van der Waals surface area contributed by atoms with Gasteiger partial charge in [0.15, 0.2) is 11.6 Å². The highest BCUT2D eigenvalue weighted by molar-refractivity contribution is 9.10. The molecule has 0 aliphatic carbocycles. The van der Waals surface area contributed by atoms with E-state index in [1.165, 1.54) is 13.1 Å². The summed E-state index contributed by atoms with van der Waals surface area (Å²) in [7, 11) is 1.36. The van der Waals surface area contributed by atoms with Crippen LogP contribution in [0.4, 0.5) is 14.5 Å². The van der Waals surface area contributed by atoms with Gasteiger partial charge in [-0.25, -0.2) is 8.78 Å². The topological polar surface area (TPSA) is 87.3 Å². The summed E-state index contributed by atoms with van der Waals surface area (Å²) in [6, 6.07) is 8.85. The number of amides is 3. The number of halogens is 3. The van der Waals surface area contributed by atoms with E-state index in [9.17, 15) is 23.2 Å². The fourth-order valence-electron chi connectivity index (χ4n) is 2.34. The Labute approximate surface area is 178 Å². The lowest BCUT2D eigenvalue weighted by Gasteiger charge is -2.18. The maximum Gasteiger partial charge on any atom is 0.246 e. The maximum absolute atomic E-state index is 13.5. The van der Waals surface area contributed by atoms with Crippen LogP contribution in [0.25, 0.3) is 0 Å². The number of anilines is 1. The fraction of sp³-hybridized carbons (Fsp3) is 0.211. The van der Waals surface area contributed by atoms with Gasteiger partial charge < -0.3 is 16.0 Å². The molecular formula is C19H18BrF2N3O3S. The Morgan fingerprint density at radius 3 is 2.41 bits per heavy atom. The quantitative estimate of drug-likeness (QED) is 0.536. The van der Waals surface area contributed by atoms with Gasteiger partial charge in [-0.1, -0.05) is 28.1 Å². The van der Waals surface area contributed by atoms with Crippen LogP contribution in [0.1, 0.15) is 11.6 Å². The number of nitrogens with one attached hydrogen (secondary N) is 3. The number of thioether (sulfide) groups is 1. The molecule has 0 radical (unpaired) electrons. The van der Waals surface area contributed by atoms with Crippen molar-refractivity contribution in [1.29, 1.82) is 0 Å². The number of carbonyl (C=O) groups excluding carboxylic acids is 3. The summed E-state index contributed by atoms with van der Waals surface area (Å²) in [6.45, 7) is 0. The molecule has 1 unspecified atom stereocenters. The molecule has 0 saturated heterocycles. The predicted octanol–water partition coefficient (Wildman–Crippen LogP) is 3.00. The number of rotatable bonds is 8. The molecule has 0 aromatic heterocycles. The van der Waals surface area contributed by atoms with Gasteiger partial charge in [0.05, 0.1) is 11.5 Å². The second kappa shape index (κ2) is 10.9. The lowest BCUT2D eigenvalue weighted by Crippen LogP contribution is -2.40. The van der Waals surface area contributed by atoms with E-state index >= 15 is 0 Å². The van der Waals surface area contributed by atoms with Gasteiger partial charge in [0.2, 0.25) is 17.7 Å². The molecule has 3 N–H and O–H groups in total. The molecule has 3 amide bonds. The molecule has 0 aliphatic heterocycles. The lowest BCUT2D eigenvalue weighted by atomic mass is 10.1. The molecule has 0 fully saturated rings. The van der Waals surface area contributed by atoms with Crippen LogP contribution >= 0.6 is 27.7 Å². The summed E-state index contributed by atoms with van der Waals surface area (Å²) in [4.78, 5) is 36.2. The van der Waals surface area contributed by atoms with Crippen molar-refractivity contribution in [3.8, 4) is 0 Å². The molecule has 0 spiro atoms. The average Bonchev–Trinajstić information content (AvgIpc) is 2.67. The second-order valence-corrected chi connectivity index (χ2v) is 7.74. The first-order valence-electron chi connectivity index (χ1n) is 8.39. The molecule has 2 aromatic rings. The highest BCUT2D eigenvalue weighted by Gasteiger charge is 2.23. The van der Waals surface area contributed by atoms with Crippen LogP contribution in [0.15, 0.2) is 46.9 Å². The van der Waals surface area contributed by atoms with Gasteiger partial charge in [0, 0.05) is 17.2 Å². The predicted molar refractivity (Wildman–Crippen MR) is 111 cm³/mol. The van der Waals surface area contributed by atoms with Crippen molar-refractivity contribution in [2.45, 2.75) is 6.04 Å². The Bertz CT molecular complexity index is 914. The normalized spacial score (nSPS) is 11.4. The summed E-state index contributed by atoms with van der Waals surface area (Å²) < 4.78 is 27.4. The molecule has 0 bridgehead atoms. The Hall–Kier alpha value is -2.46. The number of hydrogen-bond acceptors (Lipinski definition) is 4. The van der Waals surface area contributed by atoms with Crippen LogP contribution in [0.5, 0.6) is 0 Å². The first kappa shape index (κ1) is 22.8. The van der Waals surface area contributed by atoms with Crippen molar-refractivity contribution in [2.24, 2.45) is 0 Å². The Kier molecular flexibility index (Phi) is 8.59. The minimum atomic E-state index is -1.18.